The lowest BCUT2D eigenvalue weighted by molar-refractivity contribution is -0.135. The summed E-state index contributed by atoms with van der Waals surface area (Å²) < 4.78 is 10.3. The summed E-state index contributed by atoms with van der Waals surface area (Å²) in [5, 5.41) is 2.86. The van der Waals surface area contributed by atoms with Crippen molar-refractivity contribution in [3.05, 3.63) is 53.5 Å². The molecule has 1 aromatic heterocycles. The maximum Gasteiger partial charge on any atom is 0.332 e. The number of anilines is 1. The molecular formula is C20H21N5O4. The van der Waals surface area contributed by atoms with Crippen LogP contribution in [0.4, 0.5) is 11.6 Å². The van der Waals surface area contributed by atoms with Gasteiger partial charge in [0.05, 0.1) is 25.5 Å². The van der Waals surface area contributed by atoms with Crippen molar-refractivity contribution in [2.45, 2.75) is 20.8 Å². The second-order valence-corrected chi connectivity index (χ2v) is 6.13. The zero-order valence-electron chi connectivity index (χ0n) is 16.6. The summed E-state index contributed by atoms with van der Waals surface area (Å²) in [6.07, 6.45) is 1.07. The predicted molar refractivity (Wildman–Crippen MR) is 107 cm³/mol. The van der Waals surface area contributed by atoms with Crippen molar-refractivity contribution in [1.29, 1.82) is 0 Å². The normalized spacial score (nSPS) is 16.3. The molecule has 150 valence electrons. The number of aliphatic imine (C=N–C) groups is 1. The zero-order valence-corrected chi connectivity index (χ0v) is 16.6. The smallest absolute Gasteiger partial charge is 0.332 e. The Labute approximate surface area is 168 Å². The van der Waals surface area contributed by atoms with Gasteiger partial charge in [0.25, 0.3) is 11.9 Å². The van der Waals surface area contributed by atoms with Crippen LogP contribution >= 0.6 is 0 Å². The molecule has 0 radical (unpaired) electrons. The fourth-order valence-corrected chi connectivity index (χ4v) is 2.79. The van der Waals surface area contributed by atoms with Gasteiger partial charge >= 0.3 is 5.97 Å². The molecule has 3 rings (SSSR count). The van der Waals surface area contributed by atoms with Gasteiger partial charge in [0.1, 0.15) is 11.4 Å². The van der Waals surface area contributed by atoms with Gasteiger partial charge in [0.2, 0.25) is 5.96 Å². The minimum atomic E-state index is -0.664. The number of nitrogens with one attached hydrogen (secondary N) is 1. The molecule has 0 spiro atoms. The number of benzene rings is 1. The van der Waals surface area contributed by atoms with Crippen molar-refractivity contribution in [2.75, 3.05) is 18.6 Å². The number of guanidine groups is 1. The quantitative estimate of drug-likeness (QED) is 0.611. The van der Waals surface area contributed by atoms with Crippen LogP contribution in [0.1, 0.15) is 18.3 Å². The van der Waals surface area contributed by atoms with Crippen LogP contribution in [-0.2, 0) is 14.3 Å². The van der Waals surface area contributed by atoms with Gasteiger partial charge in [-0.2, -0.15) is 4.99 Å². The highest BCUT2D eigenvalue weighted by Gasteiger charge is 2.36. The van der Waals surface area contributed by atoms with E-state index in [2.05, 4.69) is 25.0 Å². The molecule has 2 heterocycles. The molecular weight excluding hydrogens is 374 g/mol. The molecule has 9 heteroatoms. The summed E-state index contributed by atoms with van der Waals surface area (Å²) in [5.74, 6) is -0.301. The number of methoxy groups -OCH3 is 1. The fourth-order valence-electron chi connectivity index (χ4n) is 2.79. The van der Waals surface area contributed by atoms with E-state index in [9.17, 15) is 9.59 Å². The monoisotopic (exact) mass is 395 g/mol. The molecule has 2 aromatic rings. The first-order valence-electron chi connectivity index (χ1n) is 8.97. The highest BCUT2D eigenvalue weighted by atomic mass is 16.5. The summed E-state index contributed by atoms with van der Waals surface area (Å²) in [6, 6.07) is 8.87. The van der Waals surface area contributed by atoms with E-state index in [4.69, 9.17) is 4.74 Å². The van der Waals surface area contributed by atoms with Crippen molar-refractivity contribution < 1.29 is 19.1 Å². The number of hydrogen-bond donors (Lipinski definition) is 1. The SMILES string of the molecule is CCOc1ccccc1N1C(=O)/C(=C/C(=O)OC)NC1=Nc1nc(C)cc(C)n1. The highest BCUT2D eigenvalue weighted by molar-refractivity contribution is 6.30. The first kappa shape index (κ1) is 20.0. The van der Waals surface area contributed by atoms with Gasteiger partial charge in [-0.05, 0) is 39.0 Å². The zero-order chi connectivity index (χ0) is 21.0. The van der Waals surface area contributed by atoms with Gasteiger partial charge in [-0.1, -0.05) is 12.1 Å². The Hall–Kier alpha value is -3.75. The molecule has 1 saturated heterocycles. The number of carbonyl (C=O) groups is 2. The first-order valence-corrected chi connectivity index (χ1v) is 8.97. The lowest BCUT2D eigenvalue weighted by Crippen LogP contribution is -2.32. The topological polar surface area (TPSA) is 106 Å². The van der Waals surface area contributed by atoms with Crippen LogP contribution in [0.5, 0.6) is 5.75 Å². The second kappa shape index (κ2) is 8.51. The van der Waals surface area contributed by atoms with E-state index < -0.39 is 11.9 Å². The Kier molecular flexibility index (Phi) is 5.87. The van der Waals surface area contributed by atoms with Crippen LogP contribution in [0.15, 0.2) is 47.1 Å². The Morgan fingerprint density at radius 1 is 1.24 bits per heavy atom. The third-order valence-corrected chi connectivity index (χ3v) is 3.94. The fraction of sp³-hybridized carbons (Fsp3) is 0.250. The number of para-hydroxylation sites is 2. The number of amides is 1. The molecule has 9 nitrogen and oxygen atoms in total. The van der Waals surface area contributed by atoms with Gasteiger partial charge in [-0.3, -0.25) is 4.79 Å². The Balaban J connectivity index is 2.13. The van der Waals surface area contributed by atoms with E-state index >= 15 is 0 Å². The molecule has 29 heavy (non-hydrogen) atoms. The molecule has 0 atom stereocenters. The molecule has 0 saturated carbocycles. The minimum absolute atomic E-state index is 0.0197. The Morgan fingerprint density at radius 3 is 2.59 bits per heavy atom. The molecule has 1 fully saturated rings. The standard InChI is InChI=1S/C20H21N5O4/c1-5-29-16-9-7-6-8-15(16)25-18(27)14(11-17(26)28-4)23-20(25)24-19-21-12(2)10-13(3)22-19/h6-11H,5H2,1-4H3,(H,21,22,23,24)/b14-11-. The lowest BCUT2D eigenvalue weighted by atomic mass is 10.2. The minimum Gasteiger partial charge on any atom is -0.492 e. The van der Waals surface area contributed by atoms with Gasteiger partial charge in [-0.15, -0.1) is 0 Å². The van der Waals surface area contributed by atoms with Crippen molar-refractivity contribution >= 4 is 29.5 Å². The summed E-state index contributed by atoms with van der Waals surface area (Å²) in [4.78, 5) is 39.1. The lowest BCUT2D eigenvalue weighted by Gasteiger charge is -2.18. The van der Waals surface area contributed by atoms with Gasteiger partial charge in [-0.25, -0.2) is 19.7 Å². The molecule has 0 unspecified atom stereocenters. The van der Waals surface area contributed by atoms with Crippen molar-refractivity contribution in [3.63, 3.8) is 0 Å². The maximum absolute atomic E-state index is 13.1. The highest BCUT2D eigenvalue weighted by Crippen LogP contribution is 2.31. The third kappa shape index (κ3) is 4.40. The number of carbonyl (C=O) groups excluding carboxylic acids is 2. The van der Waals surface area contributed by atoms with Gasteiger partial charge in [0, 0.05) is 11.4 Å². The van der Waals surface area contributed by atoms with Crippen molar-refractivity contribution in [3.8, 4) is 5.75 Å². The van der Waals surface area contributed by atoms with Crippen molar-refractivity contribution in [1.82, 2.24) is 15.3 Å². The maximum atomic E-state index is 13.1. The first-order chi connectivity index (χ1) is 13.9. The summed E-state index contributed by atoms with van der Waals surface area (Å²) >= 11 is 0. The van der Waals surface area contributed by atoms with Crippen LogP contribution in [-0.4, -0.2) is 41.5 Å². The Bertz CT molecular complexity index is 995. The number of aryl methyl sites for hydroxylation is 2. The number of nitrogens with zero attached hydrogens (tertiary/aromatic N) is 4. The van der Waals surface area contributed by atoms with Crippen LogP contribution in [0, 0.1) is 13.8 Å². The Morgan fingerprint density at radius 2 is 1.93 bits per heavy atom. The van der Waals surface area contributed by atoms with Crippen LogP contribution in [0.3, 0.4) is 0 Å². The molecule has 1 aliphatic heterocycles. The number of rotatable bonds is 5. The molecule has 1 amide bonds. The van der Waals surface area contributed by atoms with Crippen LogP contribution in [0.25, 0.3) is 0 Å². The second-order valence-electron chi connectivity index (χ2n) is 6.13. The average Bonchev–Trinajstić information content (AvgIpc) is 2.96. The number of ether oxygens (including phenoxy) is 2. The van der Waals surface area contributed by atoms with E-state index in [1.807, 2.05) is 26.8 Å². The van der Waals surface area contributed by atoms with Gasteiger partial charge in [0.15, 0.2) is 0 Å². The molecule has 1 aliphatic rings. The van der Waals surface area contributed by atoms with E-state index in [-0.39, 0.29) is 17.6 Å². The van der Waals surface area contributed by atoms with E-state index in [0.717, 1.165) is 17.5 Å². The van der Waals surface area contributed by atoms with Crippen molar-refractivity contribution in [2.24, 2.45) is 4.99 Å². The molecule has 0 bridgehead atoms. The predicted octanol–water partition coefficient (Wildman–Crippen LogP) is 2.17. The van der Waals surface area contributed by atoms with E-state index in [0.29, 0.717) is 18.0 Å². The summed E-state index contributed by atoms with van der Waals surface area (Å²) in [5.41, 5.74) is 1.98. The van der Waals surface area contributed by atoms with Gasteiger partial charge < -0.3 is 14.8 Å². The number of esters is 1. The van der Waals surface area contributed by atoms with E-state index in [1.54, 1.807) is 24.3 Å². The summed E-state index contributed by atoms with van der Waals surface area (Å²) in [6.45, 7) is 5.93. The average molecular weight is 395 g/mol. The number of hydrogen-bond acceptors (Lipinski definition) is 7. The third-order valence-electron chi connectivity index (χ3n) is 3.94. The largest absolute Gasteiger partial charge is 0.492 e. The van der Waals surface area contributed by atoms with Crippen LogP contribution < -0.4 is 15.0 Å². The summed E-state index contributed by atoms with van der Waals surface area (Å²) in [7, 11) is 1.24. The number of aromatic nitrogens is 2. The molecule has 1 aromatic carbocycles. The van der Waals surface area contributed by atoms with Crippen LogP contribution in [0.2, 0.25) is 0 Å². The van der Waals surface area contributed by atoms with E-state index in [1.165, 1.54) is 12.0 Å². The molecule has 1 N–H and O–H groups in total. The molecule has 0 aliphatic carbocycles.